The minimum absolute atomic E-state index is 0.0601. The predicted molar refractivity (Wildman–Crippen MR) is 94.3 cm³/mol. The van der Waals surface area contributed by atoms with Crippen LogP contribution in [0.5, 0.6) is 0 Å². The Bertz CT molecular complexity index is 690. The minimum Gasteiger partial charge on any atom is -0.344 e. The van der Waals surface area contributed by atoms with Crippen LogP contribution in [0.4, 0.5) is 5.95 Å². The van der Waals surface area contributed by atoms with Crippen LogP contribution in [0.15, 0.2) is 12.4 Å². The van der Waals surface area contributed by atoms with Gasteiger partial charge in [-0.25, -0.2) is 9.97 Å². The standard InChI is InChI=1S/C16H22ClN3O3S/c1-20(16-18-10-15(17)11-19-16)12-14-7-5-13(6-8-14)4-3-9-23-24(2,21)22/h10-11,13-14H,5-9,12H2,1-2H3. The van der Waals surface area contributed by atoms with Crippen LogP contribution in [-0.2, 0) is 14.3 Å². The fourth-order valence-electron chi connectivity index (χ4n) is 2.78. The fraction of sp³-hybridized carbons (Fsp3) is 0.625. The van der Waals surface area contributed by atoms with Crippen LogP contribution in [0.3, 0.4) is 0 Å². The van der Waals surface area contributed by atoms with E-state index >= 15 is 0 Å². The van der Waals surface area contributed by atoms with E-state index in [2.05, 4.69) is 26.0 Å². The van der Waals surface area contributed by atoms with E-state index in [1.165, 1.54) is 0 Å². The Labute approximate surface area is 148 Å². The molecule has 1 aliphatic carbocycles. The molecule has 2 rings (SSSR count). The SMILES string of the molecule is CN(CC1CCC(C#CCOS(C)(=O)=O)CC1)c1ncc(Cl)cn1. The van der Waals surface area contributed by atoms with Gasteiger partial charge in [0.2, 0.25) is 5.95 Å². The maximum Gasteiger partial charge on any atom is 0.265 e. The number of aromatic nitrogens is 2. The molecular weight excluding hydrogens is 350 g/mol. The van der Waals surface area contributed by atoms with Crippen molar-refractivity contribution in [3.8, 4) is 11.8 Å². The summed E-state index contributed by atoms with van der Waals surface area (Å²) in [6, 6.07) is 0. The Morgan fingerprint density at radius 3 is 2.50 bits per heavy atom. The molecule has 6 nitrogen and oxygen atoms in total. The van der Waals surface area contributed by atoms with Gasteiger partial charge in [0, 0.05) is 19.5 Å². The first kappa shape index (κ1) is 19.0. The van der Waals surface area contributed by atoms with Gasteiger partial charge in [-0.3, -0.25) is 4.18 Å². The Kier molecular flexibility index (Phi) is 6.84. The highest BCUT2D eigenvalue weighted by Crippen LogP contribution is 2.29. The molecule has 0 aromatic carbocycles. The lowest BCUT2D eigenvalue weighted by atomic mass is 9.82. The summed E-state index contributed by atoms with van der Waals surface area (Å²) in [4.78, 5) is 10.5. The maximum atomic E-state index is 10.9. The molecule has 1 fully saturated rings. The van der Waals surface area contributed by atoms with E-state index in [1.807, 2.05) is 11.9 Å². The highest BCUT2D eigenvalue weighted by molar-refractivity contribution is 7.86. The summed E-state index contributed by atoms with van der Waals surface area (Å²) < 4.78 is 26.3. The van der Waals surface area contributed by atoms with Crippen molar-refractivity contribution in [1.82, 2.24) is 9.97 Å². The molecule has 1 heterocycles. The van der Waals surface area contributed by atoms with Gasteiger partial charge in [-0.15, -0.1) is 0 Å². The second-order valence-corrected chi connectivity index (χ2v) is 8.17. The molecule has 1 aliphatic rings. The molecule has 0 bridgehead atoms. The molecule has 8 heteroatoms. The summed E-state index contributed by atoms with van der Waals surface area (Å²) in [6.07, 6.45) is 8.45. The van der Waals surface area contributed by atoms with E-state index in [-0.39, 0.29) is 6.61 Å². The normalized spacial score (nSPS) is 21.0. The van der Waals surface area contributed by atoms with Gasteiger partial charge in [0.25, 0.3) is 10.1 Å². The van der Waals surface area contributed by atoms with Crippen molar-refractivity contribution in [2.75, 3.05) is 31.4 Å². The topological polar surface area (TPSA) is 72.4 Å². The quantitative estimate of drug-likeness (QED) is 0.584. The van der Waals surface area contributed by atoms with Gasteiger partial charge in [-0.2, -0.15) is 8.42 Å². The summed E-state index contributed by atoms with van der Waals surface area (Å²) in [6.45, 7) is 0.842. The smallest absolute Gasteiger partial charge is 0.265 e. The third-order valence-electron chi connectivity index (χ3n) is 3.98. The zero-order valence-corrected chi connectivity index (χ0v) is 15.5. The van der Waals surface area contributed by atoms with Gasteiger partial charge in [0.1, 0.15) is 6.61 Å². The lowest BCUT2D eigenvalue weighted by molar-refractivity contribution is 0.318. The third kappa shape index (κ3) is 6.63. The number of rotatable bonds is 5. The van der Waals surface area contributed by atoms with Crippen LogP contribution in [0.1, 0.15) is 25.7 Å². The second kappa shape index (κ2) is 8.65. The largest absolute Gasteiger partial charge is 0.344 e. The molecular formula is C16H22ClN3O3S. The molecule has 0 aliphatic heterocycles. The first-order valence-electron chi connectivity index (χ1n) is 7.85. The fourth-order valence-corrected chi connectivity index (χ4v) is 3.15. The van der Waals surface area contributed by atoms with Crippen LogP contribution in [0, 0.1) is 23.7 Å². The third-order valence-corrected chi connectivity index (χ3v) is 4.72. The van der Waals surface area contributed by atoms with Gasteiger partial charge in [-0.1, -0.05) is 23.4 Å². The number of anilines is 1. The van der Waals surface area contributed by atoms with Crippen molar-refractivity contribution in [2.45, 2.75) is 25.7 Å². The van der Waals surface area contributed by atoms with Gasteiger partial charge in [-0.05, 0) is 31.6 Å². The lowest BCUT2D eigenvalue weighted by Crippen LogP contribution is -2.29. The zero-order valence-electron chi connectivity index (χ0n) is 13.9. The van der Waals surface area contributed by atoms with E-state index in [1.54, 1.807) is 12.4 Å². The van der Waals surface area contributed by atoms with Crippen molar-refractivity contribution in [3.63, 3.8) is 0 Å². The van der Waals surface area contributed by atoms with Gasteiger partial charge < -0.3 is 4.90 Å². The number of halogens is 1. The summed E-state index contributed by atoms with van der Waals surface area (Å²) >= 11 is 5.80. The molecule has 0 unspecified atom stereocenters. The van der Waals surface area contributed by atoms with Crippen molar-refractivity contribution in [3.05, 3.63) is 17.4 Å². The van der Waals surface area contributed by atoms with Gasteiger partial charge in [0.05, 0.1) is 23.7 Å². The maximum absolute atomic E-state index is 10.9. The molecule has 1 aromatic heterocycles. The van der Waals surface area contributed by atoms with E-state index in [9.17, 15) is 8.42 Å². The van der Waals surface area contributed by atoms with Crippen LogP contribution in [-0.4, -0.2) is 44.8 Å². The van der Waals surface area contributed by atoms with E-state index in [0.717, 1.165) is 38.5 Å². The van der Waals surface area contributed by atoms with Gasteiger partial charge >= 0.3 is 0 Å². The second-order valence-electron chi connectivity index (χ2n) is 6.09. The molecule has 0 N–H and O–H groups in total. The van der Waals surface area contributed by atoms with Crippen LogP contribution >= 0.6 is 11.6 Å². The summed E-state index contributed by atoms with van der Waals surface area (Å²) in [5.41, 5.74) is 0. The molecule has 0 saturated heterocycles. The Balaban J connectivity index is 1.74. The van der Waals surface area contributed by atoms with Crippen LogP contribution in [0.25, 0.3) is 0 Å². The van der Waals surface area contributed by atoms with E-state index in [0.29, 0.717) is 22.8 Å². The molecule has 0 radical (unpaired) electrons. The number of nitrogens with zero attached hydrogens (tertiary/aromatic N) is 3. The minimum atomic E-state index is -3.41. The average Bonchev–Trinajstić information content (AvgIpc) is 2.53. The Morgan fingerprint density at radius 2 is 1.92 bits per heavy atom. The average molecular weight is 372 g/mol. The Morgan fingerprint density at radius 1 is 1.29 bits per heavy atom. The van der Waals surface area contributed by atoms with Crippen molar-refractivity contribution in [1.29, 1.82) is 0 Å². The Hall–Kier alpha value is -1.36. The molecule has 0 amide bonds. The summed E-state index contributed by atoms with van der Waals surface area (Å²) in [7, 11) is -1.42. The van der Waals surface area contributed by atoms with Crippen molar-refractivity contribution in [2.24, 2.45) is 11.8 Å². The van der Waals surface area contributed by atoms with Gasteiger partial charge in [0.15, 0.2) is 0 Å². The van der Waals surface area contributed by atoms with Crippen LogP contribution in [0.2, 0.25) is 5.02 Å². The molecule has 132 valence electrons. The zero-order chi connectivity index (χ0) is 17.6. The summed E-state index contributed by atoms with van der Waals surface area (Å²) in [5, 5.41) is 0.533. The lowest BCUT2D eigenvalue weighted by Gasteiger charge is -2.29. The van der Waals surface area contributed by atoms with E-state index < -0.39 is 10.1 Å². The number of hydrogen-bond acceptors (Lipinski definition) is 6. The van der Waals surface area contributed by atoms with Crippen molar-refractivity contribution >= 4 is 27.7 Å². The molecule has 0 atom stereocenters. The van der Waals surface area contributed by atoms with Crippen molar-refractivity contribution < 1.29 is 12.6 Å². The number of hydrogen-bond donors (Lipinski definition) is 0. The molecule has 0 spiro atoms. The first-order valence-corrected chi connectivity index (χ1v) is 10.0. The monoisotopic (exact) mass is 371 g/mol. The summed E-state index contributed by atoms with van der Waals surface area (Å²) in [5.74, 6) is 7.50. The highest BCUT2D eigenvalue weighted by atomic mass is 35.5. The first-order chi connectivity index (χ1) is 11.3. The van der Waals surface area contributed by atoms with E-state index in [4.69, 9.17) is 11.6 Å². The molecule has 1 aromatic rings. The van der Waals surface area contributed by atoms with Crippen LogP contribution < -0.4 is 4.90 Å². The predicted octanol–water partition coefficient (Wildman–Crippen LogP) is 2.35. The molecule has 1 saturated carbocycles. The molecule has 24 heavy (non-hydrogen) atoms. The highest BCUT2D eigenvalue weighted by Gasteiger charge is 2.21.